The predicted molar refractivity (Wildman–Crippen MR) is 121 cm³/mol. The van der Waals surface area contributed by atoms with E-state index in [0.29, 0.717) is 6.54 Å². The van der Waals surface area contributed by atoms with Crippen molar-refractivity contribution in [3.8, 4) is 5.75 Å². The molecular weight excluding hydrogens is 372 g/mol. The molecule has 30 heavy (non-hydrogen) atoms. The molecule has 4 heteroatoms. The monoisotopic (exact) mass is 402 g/mol. The topological polar surface area (TPSA) is 41.6 Å². The molecule has 1 aliphatic heterocycles. The molecular formula is C26H30N2O2. The van der Waals surface area contributed by atoms with Crippen LogP contribution in [0.25, 0.3) is 10.8 Å². The van der Waals surface area contributed by atoms with Crippen molar-refractivity contribution in [2.24, 2.45) is 0 Å². The molecule has 1 saturated heterocycles. The van der Waals surface area contributed by atoms with E-state index in [2.05, 4.69) is 46.6 Å². The minimum Gasteiger partial charge on any atom is -0.491 e. The Kier molecular flexibility index (Phi) is 5.78. The van der Waals surface area contributed by atoms with Gasteiger partial charge in [-0.05, 0) is 61.2 Å². The fourth-order valence-electron chi connectivity index (χ4n) is 4.09. The summed E-state index contributed by atoms with van der Waals surface area (Å²) in [5.74, 6) is 0.981. The minimum absolute atomic E-state index is 0.0986. The number of amides is 1. The van der Waals surface area contributed by atoms with Crippen LogP contribution in [0.4, 0.5) is 0 Å². The molecule has 0 aromatic heterocycles. The number of hydrogen-bond acceptors (Lipinski definition) is 3. The van der Waals surface area contributed by atoms with E-state index in [0.717, 1.165) is 30.8 Å². The highest BCUT2D eigenvalue weighted by atomic mass is 16.5. The molecule has 3 aromatic carbocycles. The van der Waals surface area contributed by atoms with Crippen LogP contribution in [-0.4, -0.2) is 29.0 Å². The number of rotatable bonds is 7. The summed E-state index contributed by atoms with van der Waals surface area (Å²) in [5, 5.41) is 5.57. The van der Waals surface area contributed by atoms with Crippen molar-refractivity contribution in [1.82, 2.24) is 10.2 Å². The van der Waals surface area contributed by atoms with Gasteiger partial charge in [-0.15, -0.1) is 0 Å². The predicted octanol–water partition coefficient (Wildman–Crippen LogP) is 4.91. The van der Waals surface area contributed by atoms with Crippen LogP contribution in [0.1, 0.15) is 38.3 Å². The molecule has 1 heterocycles. The lowest BCUT2D eigenvalue weighted by Gasteiger charge is -2.49. The summed E-state index contributed by atoms with van der Waals surface area (Å²) in [7, 11) is 0. The third-order valence-electron chi connectivity index (χ3n) is 6.04. The van der Waals surface area contributed by atoms with Crippen LogP contribution >= 0.6 is 0 Å². The molecule has 4 rings (SSSR count). The van der Waals surface area contributed by atoms with Crippen LogP contribution in [-0.2, 0) is 17.9 Å². The van der Waals surface area contributed by atoms with Gasteiger partial charge in [-0.3, -0.25) is 9.69 Å². The molecule has 156 valence electrons. The fraction of sp³-hybridized carbons (Fsp3) is 0.346. The highest BCUT2D eigenvalue weighted by Crippen LogP contribution is 2.32. The van der Waals surface area contributed by atoms with E-state index in [1.54, 1.807) is 0 Å². The van der Waals surface area contributed by atoms with Gasteiger partial charge in [-0.25, -0.2) is 0 Å². The lowest BCUT2D eigenvalue weighted by molar-refractivity contribution is -0.142. The average Bonchev–Trinajstić information content (AvgIpc) is 2.75. The molecule has 1 unspecified atom stereocenters. The van der Waals surface area contributed by atoms with Crippen molar-refractivity contribution in [2.75, 3.05) is 6.54 Å². The van der Waals surface area contributed by atoms with Crippen LogP contribution in [0, 0.1) is 0 Å². The van der Waals surface area contributed by atoms with Gasteiger partial charge in [0, 0.05) is 19.6 Å². The third kappa shape index (κ3) is 4.19. The van der Waals surface area contributed by atoms with Crippen molar-refractivity contribution in [1.29, 1.82) is 0 Å². The first kappa shape index (κ1) is 20.4. The summed E-state index contributed by atoms with van der Waals surface area (Å²) in [6, 6.07) is 22.7. The van der Waals surface area contributed by atoms with Crippen LogP contribution in [0.3, 0.4) is 0 Å². The zero-order chi connectivity index (χ0) is 21.1. The van der Waals surface area contributed by atoms with Crippen LogP contribution in [0.2, 0.25) is 0 Å². The molecule has 0 bridgehead atoms. The standard InChI is InChI=1S/C26H30N2O2/c1-19(2)30-23-13-11-20(12-14-23)18-28-16-15-26(28,3)25(29)27-17-22-9-6-8-21-7-4-5-10-24(21)22/h4-14,19H,15-18H2,1-3H3,(H,27,29). The Morgan fingerprint density at radius 2 is 1.80 bits per heavy atom. The number of ether oxygens (including phenoxy) is 1. The molecule has 1 atom stereocenters. The van der Waals surface area contributed by atoms with Crippen LogP contribution in [0.15, 0.2) is 66.7 Å². The SMILES string of the molecule is CC(C)Oc1ccc(CN2CCC2(C)C(=O)NCc2cccc3ccccc23)cc1. The second-order valence-corrected chi connectivity index (χ2v) is 8.58. The summed E-state index contributed by atoms with van der Waals surface area (Å²) in [6.07, 6.45) is 1.04. The van der Waals surface area contributed by atoms with Gasteiger partial charge in [0.1, 0.15) is 5.75 Å². The Bertz CT molecular complexity index is 1020. The molecule has 1 N–H and O–H groups in total. The Morgan fingerprint density at radius 1 is 1.07 bits per heavy atom. The zero-order valence-electron chi connectivity index (χ0n) is 18.0. The van der Waals surface area contributed by atoms with Gasteiger partial charge in [0.15, 0.2) is 0 Å². The Morgan fingerprint density at radius 3 is 2.50 bits per heavy atom. The first-order valence-electron chi connectivity index (χ1n) is 10.7. The first-order chi connectivity index (χ1) is 14.5. The largest absolute Gasteiger partial charge is 0.491 e. The Labute approximate surface area is 178 Å². The molecule has 1 amide bonds. The summed E-state index contributed by atoms with van der Waals surface area (Å²) in [5.41, 5.74) is 1.88. The molecule has 0 saturated carbocycles. The van der Waals surface area contributed by atoms with Crippen molar-refractivity contribution >= 4 is 16.7 Å². The maximum absolute atomic E-state index is 13.1. The number of nitrogens with one attached hydrogen (secondary N) is 1. The highest BCUT2D eigenvalue weighted by molar-refractivity contribution is 5.89. The lowest BCUT2D eigenvalue weighted by atomic mass is 9.85. The van der Waals surface area contributed by atoms with E-state index >= 15 is 0 Å². The second-order valence-electron chi connectivity index (χ2n) is 8.58. The lowest BCUT2D eigenvalue weighted by Crippen LogP contribution is -2.65. The summed E-state index contributed by atoms with van der Waals surface area (Å²) >= 11 is 0. The molecule has 0 radical (unpaired) electrons. The summed E-state index contributed by atoms with van der Waals surface area (Å²) in [6.45, 7) is 8.34. The number of nitrogens with zero attached hydrogens (tertiary/aromatic N) is 1. The number of hydrogen-bond donors (Lipinski definition) is 1. The van der Waals surface area contributed by atoms with E-state index in [-0.39, 0.29) is 12.0 Å². The zero-order valence-corrected chi connectivity index (χ0v) is 18.0. The number of benzene rings is 3. The quantitative estimate of drug-likeness (QED) is 0.611. The van der Waals surface area contributed by atoms with Gasteiger partial charge in [0.2, 0.25) is 5.91 Å². The van der Waals surface area contributed by atoms with Gasteiger partial charge in [-0.2, -0.15) is 0 Å². The number of carbonyl (C=O) groups is 1. The van der Waals surface area contributed by atoms with Crippen molar-refractivity contribution in [3.63, 3.8) is 0 Å². The first-order valence-corrected chi connectivity index (χ1v) is 10.7. The number of fused-ring (bicyclic) bond motifs is 1. The molecule has 3 aromatic rings. The van der Waals surface area contributed by atoms with Crippen molar-refractivity contribution in [3.05, 3.63) is 77.9 Å². The second kappa shape index (κ2) is 8.49. The van der Waals surface area contributed by atoms with E-state index in [4.69, 9.17) is 4.74 Å². The van der Waals surface area contributed by atoms with E-state index in [1.807, 2.05) is 51.1 Å². The van der Waals surface area contributed by atoms with E-state index in [9.17, 15) is 4.79 Å². The molecule has 4 nitrogen and oxygen atoms in total. The van der Waals surface area contributed by atoms with Gasteiger partial charge in [0.05, 0.1) is 11.6 Å². The normalized spacial score (nSPS) is 18.9. The molecule has 0 aliphatic carbocycles. The van der Waals surface area contributed by atoms with Crippen LogP contribution in [0.5, 0.6) is 5.75 Å². The summed E-state index contributed by atoms with van der Waals surface area (Å²) in [4.78, 5) is 15.3. The van der Waals surface area contributed by atoms with Gasteiger partial charge in [0.25, 0.3) is 0 Å². The molecule has 1 fully saturated rings. The molecule has 1 aliphatic rings. The minimum atomic E-state index is -0.461. The maximum atomic E-state index is 13.1. The Hall–Kier alpha value is -2.85. The number of carbonyl (C=O) groups excluding carboxylic acids is 1. The summed E-state index contributed by atoms with van der Waals surface area (Å²) < 4.78 is 5.72. The Balaban J connectivity index is 1.39. The van der Waals surface area contributed by atoms with Crippen molar-refractivity contribution in [2.45, 2.75) is 51.9 Å². The average molecular weight is 403 g/mol. The fourth-order valence-corrected chi connectivity index (χ4v) is 4.09. The van der Waals surface area contributed by atoms with E-state index in [1.165, 1.54) is 16.3 Å². The third-order valence-corrected chi connectivity index (χ3v) is 6.04. The number of likely N-dealkylation sites (tertiary alicyclic amines) is 1. The molecule has 0 spiro atoms. The van der Waals surface area contributed by atoms with Crippen molar-refractivity contribution < 1.29 is 9.53 Å². The maximum Gasteiger partial charge on any atom is 0.240 e. The van der Waals surface area contributed by atoms with E-state index < -0.39 is 5.54 Å². The van der Waals surface area contributed by atoms with Gasteiger partial charge >= 0.3 is 0 Å². The van der Waals surface area contributed by atoms with Crippen LogP contribution < -0.4 is 10.1 Å². The van der Waals surface area contributed by atoms with Gasteiger partial charge < -0.3 is 10.1 Å². The smallest absolute Gasteiger partial charge is 0.240 e. The van der Waals surface area contributed by atoms with Gasteiger partial charge in [-0.1, -0.05) is 54.6 Å². The highest BCUT2D eigenvalue weighted by Gasteiger charge is 2.46.